The number of aryl methyl sites for hydroxylation is 1. The van der Waals surface area contributed by atoms with Gasteiger partial charge in [-0.15, -0.1) is 0 Å². The fourth-order valence-corrected chi connectivity index (χ4v) is 4.54. The van der Waals surface area contributed by atoms with Crippen molar-refractivity contribution in [3.63, 3.8) is 0 Å². The van der Waals surface area contributed by atoms with Crippen LogP contribution >= 0.6 is 11.6 Å². The number of benzene rings is 3. The molecule has 1 heterocycles. The maximum absolute atomic E-state index is 13.4. The molecule has 1 unspecified atom stereocenters. The minimum Gasteiger partial charge on any atom is -0.507 e. The van der Waals surface area contributed by atoms with E-state index in [0.717, 1.165) is 5.56 Å². The van der Waals surface area contributed by atoms with Gasteiger partial charge in [-0.2, -0.15) is 0 Å². The van der Waals surface area contributed by atoms with Gasteiger partial charge in [0.25, 0.3) is 11.7 Å². The van der Waals surface area contributed by atoms with Crippen molar-refractivity contribution in [2.24, 2.45) is 0 Å². The van der Waals surface area contributed by atoms with Crippen LogP contribution in [-0.4, -0.2) is 37.6 Å². The molecular formula is C28H26ClNO6. The predicted molar refractivity (Wildman–Crippen MR) is 138 cm³/mol. The summed E-state index contributed by atoms with van der Waals surface area (Å²) in [6.07, 6.45) is 0. The molecule has 0 saturated carbocycles. The number of hydrogen-bond acceptors (Lipinski definition) is 6. The number of carbonyl (C=O) groups excluding carboxylic acids is 2. The lowest BCUT2D eigenvalue weighted by Gasteiger charge is -2.26. The normalized spacial score (nSPS) is 16.8. The molecule has 1 fully saturated rings. The monoisotopic (exact) mass is 507 g/mol. The highest BCUT2D eigenvalue weighted by Crippen LogP contribution is 2.45. The first-order chi connectivity index (χ1) is 17.3. The third-order valence-electron chi connectivity index (χ3n) is 5.96. The largest absolute Gasteiger partial charge is 0.507 e. The minimum atomic E-state index is -0.895. The molecule has 186 valence electrons. The van der Waals surface area contributed by atoms with Crippen molar-refractivity contribution in [2.75, 3.05) is 25.7 Å². The Bertz CT molecular complexity index is 1350. The van der Waals surface area contributed by atoms with Gasteiger partial charge in [-0.25, -0.2) is 0 Å². The number of carbonyl (C=O) groups is 2. The summed E-state index contributed by atoms with van der Waals surface area (Å²) in [4.78, 5) is 28.2. The molecule has 0 spiro atoms. The SMILES string of the molecule is CCOc1ccc(C2/C(=C(\O)c3cc(Cl)c(OC)cc3OC)C(=O)C(=O)N2c2cccc(C)c2)cc1. The van der Waals surface area contributed by atoms with Gasteiger partial charge in [-0.3, -0.25) is 14.5 Å². The van der Waals surface area contributed by atoms with Crippen molar-refractivity contribution < 1.29 is 28.9 Å². The summed E-state index contributed by atoms with van der Waals surface area (Å²) in [5, 5.41) is 11.7. The standard InChI is InChI=1S/C28H26ClNO6/c1-5-36-19-11-9-17(10-12-19)25-24(26(31)20-14-21(29)23(35-4)15-22(20)34-3)27(32)28(33)30(25)18-8-6-7-16(2)13-18/h6-15,25,31H,5H2,1-4H3/b26-24+. The number of rotatable bonds is 7. The van der Waals surface area contributed by atoms with E-state index in [4.69, 9.17) is 25.8 Å². The van der Waals surface area contributed by atoms with E-state index in [0.29, 0.717) is 29.4 Å². The average molecular weight is 508 g/mol. The zero-order valence-corrected chi connectivity index (χ0v) is 21.1. The van der Waals surface area contributed by atoms with Crippen LogP contribution in [0, 0.1) is 6.92 Å². The van der Waals surface area contributed by atoms with Gasteiger partial charge in [0.1, 0.15) is 23.0 Å². The molecule has 1 aliphatic heterocycles. The lowest BCUT2D eigenvalue weighted by atomic mass is 9.94. The third-order valence-corrected chi connectivity index (χ3v) is 6.26. The number of ether oxygens (including phenoxy) is 3. The summed E-state index contributed by atoms with van der Waals surface area (Å²) in [6.45, 7) is 4.28. The van der Waals surface area contributed by atoms with Gasteiger partial charge < -0.3 is 19.3 Å². The van der Waals surface area contributed by atoms with Crippen molar-refractivity contribution >= 4 is 34.7 Å². The molecule has 0 aliphatic carbocycles. The van der Waals surface area contributed by atoms with E-state index in [2.05, 4.69) is 0 Å². The van der Waals surface area contributed by atoms with Crippen LogP contribution in [0.15, 0.2) is 66.2 Å². The second-order valence-electron chi connectivity index (χ2n) is 8.20. The van der Waals surface area contributed by atoms with Crippen molar-refractivity contribution in [1.82, 2.24) is 0 Å². The van der Waals surface area contributed by atoms with Crippen LogP contribution in [0.25, 0.3) is 5.76 Å². The van der Waals surface area contributed by atoms with Crippen molar-refractivity contribution in [3.05, 3.63) is 87.9 Å². The predicted octanol–water partition coefficient (Wildman–Crippen LogP) is 5.69. The van der Waals surface area contributed by atoms with Crippen LogP contribution in [0.2, 0.25) is 5.02 Å². The number of aliphatic hydroxyl groups excluding tert-OH is 1. The smallest absolute Gasteiger partial charge is 0.300 e. The summed E-state index contributed by atoms with van der Waals surface area (Å²) >= 11 is 6.33. The van der Waals surface area contributed by atoms with E-state index in [1.54, 1.807) is 30.3 Å². The summed E-state index contributed by atoms with van der Waals surface area (Å²) < 4.78 is 16.2. The number of halogens is 1. The number of aliphatic hydroxyl groups is 1. The Labute approximate surface area is 214 Å². The van der Waals surface area contributed by atoms with Crippen LogP contribution in [-0.2, 0) is 9.59 Å². The van der Waals surface area contributed by atoms with Gasteiger partial charge >= 0.3 is 0 Å². The van der Waals surface area contributed by atoms with E-state index >= 15 is 0 Å². The summed E-state index contributed by atoms with van der Waals surface area (Å²) in [6, 6.07) is 16.4. The van der Waals surface area contributed by atoms with Gasteiger partial charge in [0, 0.05) is 11.8 Å². The molecule has 1 amide bonds. The fraction of sp³-hybridized carbons (Fsp3) is 0.214. The molecule has 7 nitrogen and oxygen atoms in total. The Kier molecular flexibility index (Phi) is 7.22. The van der Waals surface area contributed by atoms with Crippen LogP contribution in [0.3, 0.4) is 0 Å². The van der Waals surface area contributed by atoms with Gasteiger partial charge in [-0.05, 0) is 55.3 Å². The third kappa shape index (κ3) is 4.50. The highest BCUT2D eigenvalue weighted by molar-refractivity contribution is 6.51. The lowest BCUT2D eigenvalue weighted by molar-refractivity contribution is -0.132. The molecule has 4 rings (SSSR count). The molecule has 3 aromatic carbocycles. The number of nitrogens with zero attached hydrogens (tertiary/aromatic N) is 1. The first-order valence-corrected chi connectivity index (χ1v) is 11.7. The molecule has 36 heavy (non-hydrogen) atoms. The van der Waals surface area contributed by atoms with E-state index in [1.807, 2.05) is 32.0 Å². The number of ketones is 1. The lowest BCUT2D eigenvalue weighted by Crippen LogP contribution is -2.29. The van der Waals surface area contributed by atoms with E-state index in [-0.39, 0.29) is 21.9 Å². The van der Waals surface area contributed by atoms with Gasteiger partial charge in [0.05, 0.1) is 43.0 Å². The quantitative estimate of drug-likeness (QED) is 0.251. The molecule has 0 aromatic heterocycles. The van der Waals surface area contributed by atoms with Crippen molar-refractivity contribution in [1.29, 1.82) is 0 Å². The van der Waals surface area contributed by atoms with Crippen LogP contribution < -0.4 is 19.1 Å². The zero-order valence-electron chi connectivity index (χ0n) is 20.4. The van der Waals surface area contributed by atoms with E-state index < -0.39 is 23.5 Å². The molecule has 1 N–H and O–H groups in total. The average Bonchev–Trinajstić information content (AvgIpc) is 3.14. The Morgan fingerprint density at radius 2 is 1.69 bits per heavy atom. The Hall–Kier alpha value is -3.97. The highest BCUT2D eigenvalue weighted by Gasteiger charge is 2.47. The number of methoxy groups -OCH3 is 2. The molecule has 8 heteroatoms. The van der Waals surface area contributed by atoms with Crippen LogP contribution in [0.4, 0.5) is 5.69 Å². The molecule has 3 aromatic rings. The fourth-order valence-electron chi connectivity index (χ4n) is 4.30. The van der Waals surface area contributed by atoms with Gasteiger partial charge in [0.2, 0.25) is 0 Å². The molecular weight excluding hydrogens is 482 g/mol. The first-order valence-electron chi connectivity index (χ1n) is 11.3. The molecule has 0 bridgehead atoms. The Morgan fingerprint density at radius 1 is 1.00 bits per heavy atom. The second-order valence-corrected chi connectivity index (χ2v) is 8.60. The van der Waals surface area contributed by atoms with Crippen LogP contribution in [0.1, 0.15) is 29.7 Å². The first kappa shape index (κ1) is 25.1. The summed E-state index contributed by atoms with van der Waals surface area (Å²) in [5.41, 5.74) is 2.17. The Balaban J connectivity index is 1.96. The Morgan fingerprint density at radius 3 is 2.31 bits per heavy atom. The maximum atomic E-state index is 13.4. The number of hydrogen-bond donors (Lipinski definition) is 1. The second kappa shape index (κ2) is 10.3. The topological polar surface area (TPSA) is 85.3 Å². The number of Topliss-reactive ketones (excluding diaryl/α,β-unsaturated/α-hetero) is 1. The zero-order chi connectivity index (χ0) is 26.0. The minimum absolute atomic E-state index is 0.0785. The maximum Gasteiger partial charge on any atom is 0.300 e. The molecule has 1 atom stereocenters. The molecule has 0 radical (unpaired) electrons. The van der Waals surface area contributed by atoms with E-state index in [9.17, 15) is 14.7 Å². The van der Waals surface area contributed by atoms with Crippen molar-refractivity contribution in [2.45, 2.75) is 19.9 Å². The number of amides is 1. The molecule has 1 aliphatic rings. The van der Waals surface area contributed by atoms with Gasteiger partial charge in [-0.1, -0.05) is 35.9 Å². The summed E-state index contributed by atoms with van der Waals surface area (Å²) in [5.74, 6) is -0.739. The highest BCUT2D eigenvalue weighted by atomic mass is 35.5. The van der Waals surface area contributed by atoms with Crippen LogP contribution in [0.5, 0.6) is 17.2 Å². The van der Waals surface area contributed by atoms with Gasteiger partial charge in [0.15, 0.2) is 0 Å². The summed E-state index contributed by atoms with van der Waals surface area (Å²) in [7, 11) is 2.88. The number of anilines is 1. The van der Waals surface area contributed by atoms with E-state index in [1.165, 1.54) is 31.3 Å². The van der Waals surface area contributed by atoms with Crippen molar-refractivity contribution in [3.8, 4) is 17.2 Å². The molecule has 1 saturated heterocycles.